The summed E-state index contributed by atoms with van der Waals surface area (Å²) in [6.45, 7) is 7.24. The number of amides is 15. The third kappa shape index (κ3) is 29.8. The van der Waals surface area contributed by atoms with Crippen LogP contribution in [0.25, 0.3) is 10.9 Å². The quantitative estimate of drug-likeness (QED) is 0.0408. The minimum Gasteiger partial charge on any atom is -0.508 e. The smallest absolute Gasteiger partial charge is 0.246 e. The van der Waals surface area contributed by atoms with Crippen LogP contribution < -0.4 is 53.6 Å². The lowest BCUT2D eigenvalue weighted by Gasteiger charge is -2.38. The van der Waals surface area contributed by atoms with Crippen LogP contribution in [0.1, 0.15) is 113 Å². The minimum absolute atomic E-state index is 0.0306. The molecule has 36 heteroatoms. The van der Waals surface area contributed by atoms with Gasteiger partial charge in [-0.2, -0.15) is 0 Å². The Labute approximate surface area is 768 Å². The number of phenolic OH excluding ortho intramolecular Hbond substituents is 2. The number of aromatic hydroxyl groups is 2. The van der Waals surface area contributed by atoms with Crippen molar-refractivity contribution in [3.63, 3.8) is 0 Å². The molecule has 34 nitrogen and oxygen atoms in total. The first-order valence-corrected chi connectivity index (χ1v) is 45.5. The maximum Gasteiger partial charge on any atom is 0.246 e. The van der Waals surface area contributed by atoms with Crippen LogP contribution in [-0.2, 0) is 110 Å². The molecule has 0 spiro atoms. The molecular weight excluding hydrogens is 1720 g/mol. The van der Waals surface area contributed by atoms with Crippen molar-refractivity contribution in [2.75, 3.05) is 59.3 Å². The Bertz CT molecular complexity index is 5170. The van der Waals surface area contributed by atoms with Gasteiger partial charge in [-0.25, -0.2) is 0 Å². The number of nitrogens with one attached hydrogen (secondary N) is 10. The highest BCUT2D eigenvalue weighted by atomic mass is 32.2. The van der Waals surface area contributed by atoms with E-state index in [2.05, 4.69) is 61.7 Å². The number of fused-ring (bicyclic) bond motifs is 2. The predicted octanol–water partition coefficient (Wildman–Crippen LogP) is 3.42. The number of hydrogen-bond acceptors (Lipinski definition) is 18. The number of benzene rings is 6. The Morgan fingerprint density at radius 3 is 1.55 bits per heavy atom. The first-order valence-electron chi connectivity index (χ1n) is 43.9. The van der Waals surface area contributed by atoms with Crippen molar-refractivity contribution in [3.05, 3.63) is 203 Å². The van der Waals surface area contributed by atoms with Crippen LogP contribution in [0.3, 0.4) is 0 Å². The first kappa shape index (κ1) is 102. The van der Waals surface area contributed by atoms with E-state index in [1.165, 1.54) is 91.4 Å². The molecule has 0 unspecified atom stereocenters. The summed E-state index contributed by atoms with van der Waals surface area (Å²) in [4.78, 5) is 234. The molecule has 2 aliphatic heterocycles. The first-order chi connectivity index (χ1) is 62.5. The van der Waals surface area contributed by atoms with Crippen LogP contribution in [0, 0.1) is 11.8 Å². The number of nitrogens with two attached hydrogens (primary N) is 1. The molecule has 2 aliphatic rings. The summed E-state index contributed by atoms with van der Waals surface area (Å²) < 4.78 is 0. The molecule has 7 aromatic rings. The zero-order chi connectivity index (χ0) is 95.3. The summed E-state index contributed by atoms with van der Waals surface area (Å²) in [7, 11) is 8.56. The summed E-state index contributed by atoms with van der Waals surface area (Å²) in [5.74, 6) is -14.9. The molecule has 3 heterocycles. The van der Waals surface area contributed by atoms with E-state index >= 15 is 47.9 Å². The monoisotopic (exact) mass is 1840 g/mol. The van der Waals surface area contributed by atoms with Crippen molar-refractivity contribution in [2.45, 2.75) is 191 Å². The zero-order valence-corrected chi connectivity index (χ0v) is 77.0. The number of hydrogen-bond donors (Lipinski definition) is 14. The standard InChI is InChI=1S/C95H121N16O18PS/c1-10-11-32-76-94(128)111-42-23-33-75(111)89(123)103-71(50-82(117)130)88(122)106-83(57(4)5)95(129)109(8)77(47-59-26-17-13-18-27-59)90(124)104-72(46-62-36-40-65(113)41-37-62)91(125)107(6)53-80(115)99-70(49-63-51-97-67-31-22-21-30-66(63)67)87(121)102-69(44-61-34-38-64(112)39-35-61)86(120)101-68(43-56(2)3)85(119)105-74(84(118)98-52-79(96)114)54-131-55-81(116)100-73(45-58-24-15-12-16-25-58)92(126)110(9)78(93(127)108(76)7)48-60-28-19-14-20-29-60/h12-22,24-31,34-41,51,56-57,68-78,83,97,112-113,117,130H,10-11,23,32-33,42-50,52-55H2,1-9H3,(H2,96,114)(H,98,118)(H,99,115)(H,100,116)(H,101,120)(H,102,121)(H,103,123)(H,104,124)(H,105,119)(H,106,122)/t68-,69-,70-,71-,72-,73-,74-,75+,76-,77-,78-,83-/m0/s1. The molecule has 2 fully saturated rings. The number of aromatic nitrogens is 1. The number of H-pyrrole nitrogens is 1. The molecule has 700 valence electrons. The molecule has 2 saturated heterocycles. The number of aliphatic hydroxyl groups excluding tert-OH is 1. The van der Waals surface area contributed by atoms with Gasteiger partial charge >= 0.3 is 0 Å². The van der Waals surface area contributed by atoms with Crippen LogP contribution in [-0.4, -0.2) is 271 Å². The van der Waals surface area contributed by atoms with Gasteiger partial charge in [0.05, 0.1) is 24.3 Å². The van der Waals surface area contributed by atoms with Gasteiger partial charge in [0.2, 0.25) is 88.6 Å². The van der Waals surface area contributed by atoms with E-state index in [0.29, 0.717) is 63.5 Å². The fraction of sp³-hybridized carbons (Fsp3) is 0.432. The fourth-order valence-electron chi connectivity index (χ4n) is 15.9. The topological polar surface area (TPSA) is 483 Å². The van der Waals surface area contributed by atoms with E-state index < -0.39 is 198 Å². The maximum atomic E-state index is 15.7. The molecule has 0 bridgehead atoms. The second-order valence-corrected chi connectivity index (χ2v) is 35.7. The van der Waals surface area contributed by atoms with E-state index in [4.69, 9.17) is 5.73 Å². The van der Waals surface area contributed by atoms with E-state index in [1.54, 1.807) is 149 Å². The Balaban J connectivity index is 1.12. The van der Waals surface area contributed by atoms with Gasteiger partial charge in [-0.05, 0) is 101 Å². The number of rotatable bonds is 23. The van der Waals surface area contributed by atoms with Crippen molar-refractivity contribution >= 4 is 126 Å². The van der Waals surface area contributed by atoms with Gasteiger partial charge in [0.1, 0.15) is 84.0 Å². The third-order valence-corrected chi connectivity index (χ3v) is 24.4. The Kier molecular flexibility index (Phi) is 38.2. The summed E-state index contributed by atoms with van der Waals surface area (Å²) in [6, 6.07) is 27.1. The van der Waals surface area contributed by atoms with Crippen molar-refractivity contribution < 1.29 is 87.2 Å². The van der Waals surface area contributed by atoms with Crippen molar-refractivity contribution in [2.24, 2.45) is 17.6 Å². The van der Waals surface area contributed by atoms with Crippen LogP contribution in [0.15, 0.2) is 170 Å². The van der Waals surface area contributed by atoms with Gasteiger partial charge in [0, 0.05) is 103 Å². The normalized spacial score (nSPS) is 22.7. The van der Waals surface area contributed by atoms with E-state index in [9.17, 15) is 39.3 Å². The molecular formula is C95H121N16O18PS. The number of aromatic amines is 1. The maximum absolute atomic E-state index is 15.7. The molecule has 0 saturated carbocycles. The molecule has 15 N–H and O–H groups in total. The highest BCUT2D eigenvalue weighted by molar-refractivity contribution is 8.00. The fourth-order valence-corrected chi connectivity index (χ4v) is 17.0. The van der Waals surface area contributed by atoms with Gasteiger partial charge in [0.25, 0.3) is 0 Å². The highest BCUT2D eigenvalue weighted by Crippen LogP contribution is 2.27. The zero-order valence-electron chi connectivity index (χ0n) is 75.2. The van der Waals surface area contributed by atoms with E-state index in [1.807, 2.05) is 6.92 Å². The second-order valence-electron chi connectivity index (χ2n) is 34.1. The number of unbranched alkanes of at least 4 members (excludes halogenated alkanes) is 1. The van der Waals surface area contributed by atoms with Crippen LogP contribution in [0.2, 0.25) is 0 Å². The van der Waals surface area contributed by atoms with Gasteiger partial charge in [0.15, 0.2) is 0 Å². The predicted molar refractivity (Wildman–Crippen MR) is 497 cm³/mol. The second kappa shape index (κ2) is 49.1. The summed E-state index contributed by atoms with van der Waals surface area (Å²) in [5, 5.41) is 56.9. The average Bonchev–Trinajstić information content (AvgIpc) is 1.77. The molecule has 6 aromatic carbocycles. The van der Waals surface area contributed by atoms with Crippen molar-refractivity contribution in [3.8, 4) is 11.5 Å². The number of carbonyl (C=O) groups excluding carboxylic acids is 15. The van der Waals surface area contributed by atoms with Gasteiger partial charge in [-0.3, -0.25) is 71.9 Å². The Morgan fingerprint density at radius 2 is 0.985 bits per heavy atom. The molecule has 0 aliphatic carbocycles. The lowest BCUT2D eigenvalue weighted by atomic mass is 9.98. The number of likely N-dealkylation sites (N-methyl/N-ethyl adjacent to an activating group) is 4. The van der Waals surface area contributed by atoms with Gasteiger partial charge in [-0.1, -0.05) is 190 Å². The summed E-state index contributed by atoms with van der Waals surface area (Å²) in [5.41, 5.74) is 8.78. The molecule has 131 heavy (non-hydrogen) atoms. The molecule has 0 radical (unpaired) electrons. The minimum atomic E-state index is -1.63. The van der Waals surface area contributed by atoms with Gasteiger partial charge < -0.3 is 98.4 Å². The molecule has 12 atom stereocenters. The summed E-state index contributed by atoms with van der Waals surface area (Å²) in [6.07, 6.45) is 1.27. The van der Waals surface area contributed by atoms with Crippen LogP contribution in [0.4, 0.5) is 0 Å². The number of primary amides is 1. The largest absolute Gasteiger partial charge is 0.508 e. The van der Waals surface area contributed by atoms with E-state index in [0.717, 1.165) is 21.6 Å². The van der Waals surface area contributed by atoms with E-state index in [-0.39, 0.29) is 87.5 Å². The van der Waals surface area contributed by atoms with Crippen molar-refractivity contribution in [1.82, 2.24) is 77.3 Å². The number of phenols is 2. The van der Waals surface area contributed by atoms with Gasteiger partial charge in [-0.15, -0.1) is 11.8 Å². The molecule has 1 aromatic heterocycles. The van der Waals surface area contributed by atoms with Crippen LogP contribution >= 0.6 is 20.6 Å². The van der Waals surface area contributed by atoms with Crippen molar-refractivity contribution in [1.29, 1.82) is 0 Å². The summed E-state index contributed by atoms with van der Waals surface area (Å²) >= 11 is 0.846. The average molecular weight is 1840 g/mol. The highest BCUT2D eigenvalue weighted by Gasteiger charge is 2.45. The molecule has 9 rings (SSSR count). The number of aliphatic hydroxyl groups is 1. The number of para-hydroxylation sites is 1. The third-order valence-electron chi connectivity index (χ3n) is 23.1. The lowest BCUT2D eigenvalue weighted by molar-refractivity contribution is -0.152. The SMILES string of the molecule is CCCC[C@H]1C(=O)N2CCC[C@@H]2C(=O)N[C@@H](CC(O)=P)C(=O)N[C@@H](C(C)C)C(=O)N(C)[C@@H](Cc2ccccc2)C(=O)N[C@@H](Cc2ccc(O)cc2)C(=O)N(C)CC(=O)N[C@@H](Cc2c[nH]c3ccccc23)C(=O)N[C@@H](Cc2ccc(O)cc2)C(=O)N[C@@H](CC(C)C)C(=O)N[C@H](C(=O)NCC(N)=O)CSCC(=O)N[C@@H](Cc2ccccc2)C(=O)N(C)[C@@H](Cc2ccccc2)C(=O)N1C. The molecule has 15 amide bonds. The Morgan fingerprint density at radius 1 is 0.504 bits per heavy atom. The number of nitrogens with zero attached hydrogens (tertiary/aromatic N) is 5. The Hall–Kier alpha value is -13.0. The van der Waals surface area contributed by atoms with Crippen LogP contribution in [0.5, 0.6) is 11.5 Å². The number of thioether (sulfide) groups is 1. The lowest BCUT2D eigenvalue weighted by Crippen LogP contribution is -2.61. The number of carbonyl (C=O) groups is 15.